The van der Waals surface area contributed by atoms with Crippen molar-refractivity contribution in [2.45, 2.75) is 32.4 Å². The number of carbonyl (C=O) groups excluding carboxylic acids is 1. The van der Waals surface area contributed by atoms with Crippen LogP contribution in [-0.4, -0.2) is 24.8 Å². The summed E-state index contributed by atoms with van der Waals surface area (Å²) in [5, 5.41) is 0. The molecule has 0 radical (unpaired) electrons. The summed E-state index contributed by atoms with van der Waals surface area (Å²) in [6.07, 6.45) is 4.71. The zero-order chi connectivity index (χ0) is 29.6. The first-order valence-electron chi connectivity index (χ1n) is 13.7. The van der Waals surface area contributed by atoms with Gasteiger partial charge in [-0.25, -0.2) is 9.79 Å². The lowest BCUT2D eigenvalue weighted by Crippen LogP contribution is -2.40. The molecule has 3 aromatic carbocycles. The zero-order valence-electron chi connectivity index (χ0n) is 23.8. The lowest BCUT2D eigenvalue weighted by atomic mass is 9.95. The van der Waals surface area contributed by atoms with E-state index < -0.39 is 12.0 Å². The SMILES string of the molecule is C=CCc1cc(/C=c2\sc3n(c2=O)[C@@H](c2ccccc2)C(C(=O)OC)=C(CC)N=3)cc(OC)c1OCc1ccccc1. The molecule has 2 heterocycles. The summed E-state index contributed by atoms with van der Waals surface area (Å²) in [7, 11) is 2.94. The minimum absolute atomic E-state index is 0.238. The van der Waals surface area contributed by atoms with Gasteiger partial charge in [0.1, 0.15) is 6.61 Å². The summed E-state index contributed by atoms with van der Waals surface area (Å²) in [5.74, 6) is 0.704. The minimum Gasteiger partial charge on any atom is -0.493 e. The highest BCUT2D eigenvalue weighted by atomic mass is 32.1. The average Bonchev–Trinajstić information content (AvgIpc) is 3.33. The highest BCUT2D eigenvalue weighted by molar-refractivity contribution is 7.07. The second-order valence-electron chi connectivity index (χ2n) is 9.68. The summed E-state index contributed by atoms with van der Waals surface area (Å²) in [6.45, 7) is 6.24. The third-order valence-corrected chi connectivity index (χ3v) is 8.01. The molecular weight excluding hydrogens is 548 g/mol. The number of carbonyl (C=O) groups is 1. The molecule has 0 unspecified atom stereocenters. The molecule has 1 aromatic heterocycles. The number of nitrogens with zero attached hydrogens (tertiary/aromatic N) is 2. The Kier molecular flexibility index (Phi) is 8.83. The van der Waals surface area contributed by atoms with Crippen molar-refractivity contribution in [1.82, 2.24) is 4.57 Å². The second-order valence-corrected chi connectivity index (χ2v) is 10.7. The van der Waals surface area contributed by atoms with E-state index in [4.69, 9.17) is 19.2 Å². The molecule has 1 aliphatic rings. The molecule has 0 fully saturated rings. The van der Waals surface area contributed by atoms with Crippen molar-refractivity contribution in [2.24, 2.45) is 4.99 Å². The maximum absolute atomic E-state index is 14.0. The topological polar surface area (TPSA) is 79.1 Å². The molecule has 214 valence electrons. The predicted molar refractivity (Wildman–Crippen MR) is 165 cm³/mol. The van der Waals surface area contributed by atoms with Crippen LogP contribution in [0.3, 0.4) is 0 Å². The van der Waals surface area contributed by atoms with Gasteiger partial charge in [0, 0.05) is 5.56 Å². The molecule has 0 aliphatic carbocycles. The zero-order valence-corrected chi connectivity index (χ0v) is 24.6. The number of methoxy groups -OCH3 is 2. The first kappa shape index (κ1) is 28.8. The van der Waals surface area contributed by atoms with E-state index in [2.05, 4.69) is 6.58 Å². The number of aromatic nitrogens is 1. The van der Waals surface area contributed by atoms with Crippen molar-refractivity contribution >= 4 is 23.4 Å². The molecule has 0 spiro atoms. The summed E-state index contributed by atoms with van der Waals surface area (Å²) >= 11 is 1.29. The second kappa shape index (κ2) is 12.9. The van der Waals surface area contributed by atoms with Crippen molar-refractivity contribution in [1.29, 1.82) is 0 Å². The molecule has 42 heavy (non-hydrogen) atoms. The molecule has 1 aliphatic heterocycles. The van der Waals surface area contributed by atoms with Crippen LogP contribution in [0.4, 0.5) is 0 Å². The van der Waals surface area contributed by atoms with Crippen molar-refractivity contribution in [3.8, 4) is 11.5 Å². The Hall–Kier alpha value is -4.69. The Labute approximate surface area is 248 Å². The van der Waals surface area contributed by atoms with Crippen molar-refractivity contribution in [3.05, 3.63) is 139 Å². The fourth-order valence-corrected chi connectivity index (χ4v) is 6.11. The van der Waals surface area contributed by atoms with Gasteiger partial charge in [0.25, 0.3) is 5.56 Å². The number of allylic oxidation sites excluding steroid dienone is 2. The van der Waals surface area contributed by atoms with E-state index in [0.29, 0.717) is 51.6 Å². The Bertz CT molecular complexity index is 1820. The highest BCUT2D eigenvalue weighted by Crippen LogP contribution is 2.35. The predicted octanol–water partition coefficient (Wildman–Crippen LogP) is 5.11. The van der Waals surface area contributed by atoms with Crippen LogP contribution in [0.5, 0.6) is 11.5 Å². The lowest BCUT2D eigenvalue weighted by Gasteiger charge is -2.25. The molecule has 0 saturated heterocycles. The largest absolute Gasteiger partial charge is 0.493 e. The maximum atomic E-state index is 14.0. The van der Waals surface area contributed by atoms with Crippen molar-refractivity contribution < 1.29 is 19.0 Å². The van der Waals surface area contributed by atoms with Gasteiger partial charge < -0.3 is 14.2 Å². The van der Waals surface area contributed by atoms with Gasteiger partial charge >= 0.3 is 5.97 Å². The molecule has 8 heteroatoms. The first-order valence-corrected chi connectivity index (χ1v) is 14.5. The Morgan fingerprint density at radius 3 is 2.43 bits per heavy atom. The molecular formula is C34H32N2O5S. The molecule has 0 saturated carbocycles. The van der Waals surface area contributed by atoms with Gasteiger partial charge in [-0.2, -0.15) is 0 Å². The number of hydrogen-bond acceptors (Lipinski definition) is 7. The van der Waals surface area contributed by atoms with Crippen LogP contribution in [0.1, 0.15) is 41.6 Å². The smallest absolute Gasteiger partial charge is 0.338 e. The van der Waals surface area contributed by atoms with E-state index in [1.54, 1.807) is 11.7 Å². The van der Waals surface area contributed by atoms with Crippen LogP contribution in [-0.2, 0) is 22.6 Å². The van der Waals surface area contributed by atoms with Crippen molar-refractivity contribution in [2.75, 3.05) is 14.2 Å². The molecule has 5 rings (SSSR count). The average molecular weight is 581 g/mol. The number of esters is 1. The van der Waals surface area contributed by atoms with Gasteiger partial charge in [-0.3, -0.25) is 9.36 Å². The van der Waals surface area contributed by atoms with E-state index in [9.17, 15) is 9.59 Å². The molecule has 1 atom stereocenters. The van der Waals surface area contributed by atoms with E-state index in [0.717, 1.165) is 22.3 Å². The quantitative estimate of drug-likeness (QED) is 0.192. The fraction of sp³-hybridized carbons (Fsp3) is 0.206. The standard InChI is InChI=1S/C34H32N2O5S/c1-5-13-25-18-23(19-27(39-3)31(25)41-21-22-14-9-7-10-15-22)20-28-32(37)36-30(24-16-11-8-12-17-24)29(33(38)40-4)26(6-2)35-34(36)42-28/h5,7-12,14-20,30H,1,6,13,21H2,2-4H3/b28-20-/t30-/m0/s1. The van der Waals surface area contributed by atoms with Crippen LogP contribution in [0.15, 0.2) is 107 Å². The molecule has 0 amide bonds. The van der Waals surface area contributed by atoms with E-state index >= 15 is 0 Å². The van der Waals surface area contributed by atoms with E-state index in [1.807, 2.05) is 91.9 Å². The lowest BCUT2D eigenvalue weighted by molar-refractivity contribution is -0.136. The molecule has 0 bridgehead atoms. The van der Waals surface area contributed by atoms with Gasteiger partial charge in [-0.05, 0) is 47.7 Å². The van der Waals surface area contributed by atoms with Gasteiger partial charge in [-0.15, -0.1) is 6.58 Å². The first-order chi connectivity index (χ1) is 20.5. The van der Waals surface area contributed by atoms with Crippen LogP contribution in [0, 0.1) is 0 Å². The number of fused-ring (bicyclic) bond motifs is 1. The van der Waals surface area contributed by atoms with Crippen LogP contribution in [0.2, 0.25) is 0 Å². The number of rotatable bonds is 10. The Morgan fingerprint density at radius 1 is 1.07 bits per heavy atom. The van der Waals surface area contributed by atoms with Crippen molar-refractivity contribution in [3.63, 3.8) is 0 Å². The molecule has 4 aromatic rings. The Balaban J connectivity index is 1.63. The highest BCUT2D eigenvalue weighted by Gasteiger charge is 2.33. The van der Waals surface area contributed by atoms with Gasteiger partial charge in [-0.1, -0.05) is 85.0 Å². The third-order valence-electron chi connectivity index (χ3n) is 7.03. The fourth-order valence-electron chi connectivity index (χ4n) is 5.09. The number of hydrogen-bond donors (Lipinski definition) is 0. The van der Waals surface area contributed by atoms with E-state index in [-0.39, 0.29) is 5.56 Å². The number of thiazole rings is 1. The Morgan fingerprint density at radius 2 is 1.79 bits per heavy atom. The summed E-state index contributed by atoms with van der Waals surface area (Å²) in [5.41, 5.74) is 4.26. The summed E-state index contributed by atoms with van der Waals surface area (Å²) in [4.78, 5) is 32.2. The maximum Gasteiger partial charge on any atom is 0.338 e. The minimum atomic E-state index is -0.647. The van der Waals surface area contributed by atoms with Crippen LogP contribution in [0.25, 0.3) is 6.08 Å². The van der Waals surface area contributed by atoms with Crippen LogP contribution >= 0.6 is 11.3 Å². The molecule has 7 nitrogen and oxygen atoms in total. The monoisotopic (exact) mass is 580 g/mol. The van der Waals surface area contributed by atoms with Crippen LogP contribution < -0.4 is 24.4 Å². The van der Waals surface area contributed by atoms with E-state index in [1.165, 1.54) is 18.4 Å². The molecule has 0 N–H and O–H groups in total. The van der Waals surface area contributed by atoms with Gasteiger partial charge in [0.15, 0.2) is 16.3 Å². The van der Waals surface area contributed by atoms with Gasteiger partial charge in [0.2, 0.25) is 0 Å². The third kappa shape index (κ3) is 5.71. The number of ether oxygens (including phenoxy) is 3. The summed E-state index contributed by atoms with van der Waals surface area (Å²) in [6, 6.07) is 22.6. The summed E-state index contributed by atoms with van der Waals surface area (Å²) < 4.78 is 19.2. The van der Waals surface area contributed by atoms with Gasteiger partial charge in [0.05, 0.1) is 36.1 Å². The normalized spacial score (nSPS) is 14.6. The number of benzene rings is 3.